The van der Waals surface area contributed by atoms with Gasteiger partial charge in [0.25, 0.3) is 5.91 Å². The molecule has 0 aliphatic carbocycles. The summed E-state index contributed by atoms with van der Waals surface area (Å²) in [5.74, 6) is -1.77. The fourth-order valence-corrected chi connectivity index (χ4v) is 4.23. The van der Waals surface area contributed by atoms with Crippen LogP contribution in [0.15, 0.2) is 53.2 Å². The van der Waals surface area contributed by atoms with Crippen LogP contribution in [-0.2, 0) is 22.6 Å². The summed E-state index contributed by atoms with van der Waals surface area (Å²) in [4.78, 5) is 44.0. The van der Waals surface area contributed by atoms with Crippen molar-refractivity contribution in [2.75, 3.05) is 0 Å². The summed E-state index contributed by atoms with van der Waals surface area (Å²) in [7, 11) is 0. The van der Waals surface area contributed by atoms with E-state index in [0.717, 1.165) is 10.5 Å². The lowest BCUT2D eigenvalue weighted by molar-refractivity contribution is -0.141. The summed E-state index contributed by atoms with van der Waals surface area (Å²) in [6.07, 6.45) is 3.27. The summed E-state index contributed by atoms with van der Waals surface area (Å²) in [6, 6.07) is 6.98. The van der Waals surface area contributed by atoms with Crippen LogP contribution in [-0.4, -0.2) is 55.1 Å². The first-order valence-electron chi connectivity index (χ1n) is 12.8. The maximum atomic E-state index is 13.4. The lowest BCUT2D eigenvalue weighted by atomic mass is 9.82. The number of nitrogens with zero attached hydrogens (tertiary/aromatic N) is 4. The van der Waals surface area contributed by atoms with E-state index in [-0.39, 0.29) is 31.2 Å². The van der Waals surface area contributed by atoms with E-state index >= 15 is 0 Å². The second-order valence-electron chi connectivity index (χ2n) is 10.3. The third-order valence-electron chi connectivity index (χ3n) is 6.38. The average Bonchev–Trinajstić information content (AvgIpc) is 3.37. The molecule has 2 heterocycles. The number of carboxylic acid groups (broad SMARTS) is 1. The van der Waals surface area contributed by atoms with Crippen LogP contribution in [0.25, 0.3) is 11.5 Å². The molecule has 0 spiro atoms. The van der Waals surface area contributed by atoms with Crippen LogP contribution in [0.2, 0.25) is 0 Å². The van der Waals surface area contributed by atoms with Gasteiger partial charge in [0.1, 0.15) is 11.9 Å². The summed E-state index contributed by atoms with van der Waals surface area (Å²) in [6.45, 7) is 7.56. The zero-order valence-corrected chi connectivity index (χ0v) is 22.6. The third-order valence-corrected chi connectivity index (χ3v) is 6.38. The lowest BCUT2D eigenvalue weighted by Crippen LogP contribution is -2.57. The number of aromatic nitrogens is 3. The number of benzene rings is 1. The molecule has 3 rings (SSSR count). The number of nitrogens with one attached hydrogen (secondary N) is 1. The van der Waals surface area contributed by atoms with E-state index in [4.69, 9.17) is 4.42 Å². The topological polar surface area (TPSA) is 139 Å². The van der Waals surface area contributed by atoms with Gasteiger partial charge in [-0.15, -0.1) is 10.2 Å². The minimum Gasteiger partial charge on any atom is -0.465 e. The van der Waals surface area contributed by atoms with Crippen LogP contribution in [0.4, 0.5) is 9.18 Å². The van der Waals surface area contributed by atoms with Crippen molar-refractivity contribution < 1.29 is 28.3 Å². The SMILES string of the molecule is CCCC[C@@H](C(=O)C(=O)NCc1ccncc1)N(C(=O)O)C(Cc1nnc(-c2ccc(F)cc2)o1)C(C)(C)C. The molecular formula is C28H34FN5O5. The number of Topliss-reactive ketones (excluding diaryl/α,β-unsaturated/α-hetero) is 1. The molecule has 1 unspecified atom stereocenters. The number of carbonyl (C=O) groups excluding carboxylic acids is 2. The average molecular weight is 540 g/mol. The first kappa shape index (κ1) is 29.4. The van der Waals surface area contributed by atoms with Crippen molar-refractivity contribution >= 4 is 17.8 Å². The molecule has 2 N–H and O–H groups in total. The second kappa shape index (κ2) is 13.1. The Hall–Kier alpha value is -4.15. The molecule has 0 aliphatic rings. The molecule has 11 heteroatoms. The van der Waals surface area contributed by atoms with Gasteiger partial charge in [0.2, 0.25) is 17.6 Å². The van der Waals surface area contributed by atoms with Crippen LogP contribution in [0, 0.1) is 11.2 Å². The second-order valence-corrected chi connectivity index (χ2v) is 10.3. The molecule has 208 valence electrons. The van der Waals surface area contributed by atoms with Gasteiger partial charge in [-0.1, -0.05) is 40.5 Å². The number of carbonyl (C=O) groups is 3. The highest BCUT2D eigenvalue weighted by atomic mass is 19.1. The van der Waals surface area contributed by atoms with Crippen molar-refractivity contribution in [1.29, 1.82) is 0 Å². The molecule has 0 fully saturated rings. The normalized spacial score (nSPS) is 12.9. The predicted octanol–water partition coefficient (Wildman–Crippen LogP) is 4.65. The number of hydrogen-bond donors (Lipinski definition) is 2. The molecular weight excluding hydrogens is 505 g/mol. The van der Waals surface area contributed by atoms with Crippen molar-refractivity contribution in [1.82, 2.24) is 25.4 Å². The molecule has 0 radical (unpaired) electrons. The van der Waals surface area contributed by atoms with E-state index in [2.05, 4.69) is 20.5 Å². The monoisotopic (exact) mass is 539 g/mol. The molecule has 0 aliphatic heterocycles. The van der Waals surface area contributed by atoms with Gasteiger partial charge in [0.05, 0.1) is 0 Å². The van der Waals surface area contributed by atoms with Crippen molar-refractivity contribution in [3.63, 3.8) is 0 Å². The molecule has 2 aromatic heterocycles. The van der Waals surface area contributed by atoms with Gasteiger partial charge in [0, 0.05) is 37.0 Å². The van der Waals surface area contributed by atoms with Crippen molar-refractivity contribution in [2.24, 2.45) is 5.41 Å². The molecule has 0 saturated carbocycles. The molecule has 0 bridgehead atoms. The smallest absolute Gasteiger partial charge is 0.408 e. The van der Waals surface area contributed by atoms with Crippen LogP contribution in [0.3, 0.4) is 0 Å². The van der Waals surface area contributed by atoms with E-state index in [9.17, 15) is 23.9 Å². The molecule has 2 atom stereocenters. The Morgan fingerprint density at radius 1 is 1.08 bits per heavy atom. The summed E-state index contributed by atoms with van der Waals surface area (Å²) in [5, 5.41) is 21.0. The number of halogens is 1. The Bertz CT molecular complexity index is 1260. The van der Waals surface area contributed by atoms with Crippen LogP contribution in [0.5, 0.6) is 0 Å². The fraction of sp³-hybridized carbons (Fsp3) is 0.429. The fourth-order valence-electron chi connectivity index (χ4n) is 4.23. The molecule has 3 aromatic rings. The standard InChI is InChI=1S/C28H34FN5O5/c1-5-6-7-21(24(35)25(36)31-17-18-12-14-30-15-13-18)34(27(37)38)22(28(2,3)4)16-23-32-33-26(39-23)19-8-10-20(29)11-9-19/h8-15,21-22H,5-7,16-17H2,1-4H3,(H,31,36)(H,37,38)/t21-,22?/m0/s1. The summed E-state index contributed by atoms with van der Waals surface area (Å²) >= 11 is 0. The Kier molecular flexibility index (Phi) is 9.86. The Balaban J connectivity index is 1.88. The highest BCUT2D eigenvalue weighted by Gasteiger charge is 2.43. The van der Waals surface area contributed by atoms with Gasteiger partial charge >= 0.3 is 6.09 Å². The van der Waals surface area contributed by atoms with Gasteiger partial charge in [-0.25, -0.2) is 9.18 Å². The van der Waals surface area contributed by atoms with Crippen molar-refractivity contribution in [2.45, 2.75) is 72.0 Å². The number of pyridine rings is 1. The largest absolute Gasteiger partial charge is 0.465 e. The minimum absolute atomic E-state index is 0.0124. The van der Waals surface area contributed by atoms with E-state index < -0.39 is 41.1 Å². The quantitative estimate of drug-likeness (QED) is 0.317. The minimum atomic E-state index is -1.33. The zero-order valence-electron chi connectivity index (χ0n) is 22.6. The first-order chi connectivity index (χ1) is 18.5. The first-order valence-corrected chi connectivity index (χ1v) is 12.8. The van der Waals surface area contributed by atoms with Gasteiger partial charge in [-0.05, 0) is 53.8 Å². The molecule has 39 heavy (non-hydrogen) atoms. The summed E-state index contributed by atoms with van der Waals surface area (Å²) < 4.78 is 19.1. The van der Waals surface area contributed by atoms with Crippen LogP contribution in [0.1, 0.15) is 58.4 Å². The van der Waals surface area contributed by atoms with Crippen LogP contribution < -0.4 is 5.32 Å². The molecule has 1 aromatic carbocycles. The highest BCUT2D eigenvalue weighted by Crippen LogP contribution is 2.31. The van der Waals surface area contributed by atoms with Crippen molar-refractivity contribution in [3.8, 4) is 11.5 Å². The molecule has 2 amide bonds. The Labute approximate surface area is 226 Å². The maximum absolute atomic E-state index is 13.4. The summed E-state index contributed by atoms with van der Waals surface area (Å²) in [5.41, 5.74) is 0.605. The van der Waals surface area contributed by atoms with Gasteiger partial charge in [-0.2, -0.15) is 0 Å². The number of unbranched alkanes of at least 4 members (excludes halogenated alkanes) is 1. The van der Waals surface area contributed by atoms with E-state index in [0.29, 0.717) is 18.4 Å². The lowest BCUT2D eigenvalue weighted by Gasteiger charge is -2.41. The number of rotatable bonds is 12. The van der Waals surface area contributed by atoms with Gasteiger partial charge in [0.15, 0.2) is 0 Å². The maximum Gasteiger partial charge on any atom is 0.408 e. The number of amides is 2. The van der Waals surface area contributed by atoms with E-state index in [1.165, 1.54) is 24.3 Å². The molecule has 10 nitrogen and oxygen atoms in total. The Morgan fingerprint density at radius 2 is 1.74 bits per heavy atom. The number of ketones is 1. The van der Waals surface area contributed by atoms with Crippen LogP contribution >= 0.6 is 0 Å². The highest BCUT2D eigenvalue weighted by molar-refractivity contribution is 6.38. The Morgan fingerprint density at radius 3 is 2.33 bits per heavy atom. The molecule has 0 saturated heterocycles. The van der Waals surface area contributed by atoms with E-state index in [1.54, 1.807) is 24.5 Å². The van der Waals surface area contributed by atoms with E-state index in [1.807, 2.05) is 27.7 Å². The number of hydrogen-bond acceptors (Lipinski definition) is 7. The third kappa shape index (κ3) is 7.92. The van der Waals surface area contributed by atoms with Gasteiger partial charge < -0.3 is 14.8 Å². The van der Waals surface area contributed by atoms with Crippen molar-refractivity contribution in [3.05, 3.63) is 66.1 Å². The predicted molar refractivity (Wildman–Crippen MR) is 141 cm³/mol. The van der Waals surface area contributed by atoms with Gasteiger partial charge in [-0.3, -0.25) is 19.5 Å². The zero-order chi connectivity index (χ0) is 28.6.